The van der Waals surface area contributed by atoms with Crippen molar-refractivity contribution in [3.63, 3.8) is 0 Å². The molecule has 2 heterocycles. The summed E-state index contributed by atoms with van der Waals surface area (Å²) in [7, 11) is 1.76. The van der Waals surface area contributed by atoms with E-state index >= 15 is 0 Å². The Hall–Kier alpha value is -1.69. The highest BCUT2D eigenvalue weighted by Gasteiger charge is 2.25. The molecule has 0 fully saturated rings. The zero-order chi connectivity index (χ0) is 14.2. The molecule has 1 amide bonds. The molecule has 2 aromatic heterocycles. The van der Waals surface area contributed by atoms with Crippen LogP contribution in [0.5, 0.6) is 0 Å². The molecule has 19 heavy (non-hydrogen) atoms. The minimum absolute atomic E-state index is 0.0893. The van der Waals surface area contributed by atoms with Crippen molar-refractivity contribution in [2.75, 3.05) is 7.05 Å². The molecule has 0 aliphatic rings. The van der Waals surface area contributed by atoms with Crippen LogP contribution < -0.4 is 0 Å². The summed E-state index contributed by atoms with van der Waals surface area (Å²) in [5.41, 5.74) is 1.30. The molecule has 0 aliphatic carbocycles. The summed E-state index contributed by atoms with van der Waals surface area (Å²) in [5.74, 6) is 0.388. The van der Waals surface area contributed by atoms with Crippen LogP contribution in [0.3, 0.4) is 0 Å². The van der Waals surface area contributed by atoms with Crippen molar-refractivity contribution < 1.29 is 9.21 Å². The van der Waals surface area contributed by atoms with Crippen LogP contribution in [0, 0.1) is 20.8 Å². The van der Waals surface area contributed by atoms with E-state index in [-0.39, 0.29) is 11.9 Å². The lowest BCUT2D eigenvalue weighted by Crippen LogP contribution is -2.30. The number of amides is 1. The summed E-state index contributed by atoms with van der Waals surface area (Å²) in [4.78, 5) is 23.6. The average Bonchev–Trinajstić information content (AvgIpc) is 2.92. The van der Waals surface area contributed by atoms with Gasteiger partial charge in [0.05, 0.1) is 16.7 Å². The molecular formula is C13H17N3O2S. The van der Waals surface area contributed by atoms with E-state index in [1.165, 1.54) is 6.39 Å². The highest BCUT2D eigenvalue weighted by Crippen LogP contribution is 2.27. The van der Waals surface area contributed by atoms with Gasteiger partial charge >= 0.3 is 0 Å². The van der Waals surface area contributed by atoms with E-state index < -0.39 is 0 Å². The number of oxazole rings is 1. The number of aryl methyl sites for hydroxylation is 3. The van der Waals surface area contributed by atoms with Gasteiger partial charge in [0.1, 0.15) is 5.76 Å². The van der Waals surface area contributed by atoms with Crippen molar-refractivity contribution >= 4 is 17.2 Å². The lowest BCUT2D eigenvalue weighted by molar-refractivity contribution is 0.0732. The number of hydrogen-bond acceptors (Lipinski definition) is 5. The van der Waals surface area contributed by atoms with Crippen LogP contribution in [0.1, 0.15) is 44.8 Å². The fourth-order valence-corrected chi connectivity index (χ4v) is 2.88. The summed E-state index contributed by atoms with van der Waals surface area (Å²) in [6.07, 6.45) is 1.29. The minimum Gasteiger partial charge on any atom is -0.448 e. The highest BCUT2D eigenvalue weighted by atomic mass is 32.1. The summed E-state index contributed by atoms with van der Waals surface area (Å²) >= 11 is 1.64. The fraction of sp³-hybridized carbons (Fsp3) is 0.462. The molecule has 0 aliphatic heterocycles. The Morgan fingerprint density at radius 1 is 1.42 bits per heavy atom. The predicted molar refractivity (Wildman–Crippen MR) is 73.3 cm³/mol. The van der Waals surface area contributed by atoms with Crippen LogP contribution in [0.15, 0.2) is 10.8 Å². The van der Waals surface area contributed by atoms with Gasteiger partial charge in [-0.05, 0) is 27.7 Å². The maximum atomic E-state index is 12.3. The Morgan fingerprint density at radius 3 is 2.58 bits per heavy atom. The van der Waals surface area contributed by atoms with Crippen molar-refractivity contribution in [1.82, 2.24) is 14.9 Å². The summed E-state index contributed by atoms with van der Waals surface area (Å²) in [6.45, 7) is 7.69. The zero-order valence-corrected chi connectivity index (χ0v) is 12.5. The van der Waals surface area contributed by atoms with Gasteiger partial charge in [-0.25, -0.2) is 9.97 Å². The van der Waals surface area contributed by atoms with Crippen molar-refractivity contribution in [3.05, 3.63) is 33.4 Å². The van der Waals surface area contributed by atoms with E-state index in [1.807, 2.05) is 20.8 Å². The molecular weight excluding hydrogens is 262 g/mol. The molecule has 0 spiro atoms. The molecule has 0 aromatic carbocycles. The van der Waals surface area contributed by atoms with Gasteiger partial charge in [0.15, 0.2) is 12.1 Å². The molecule has 0 bridgehead atoms. The molecule has 102 valence electrons. The molecule has 0 N–H and O–H groups in total. The van der Waals surface area contributed by atoms with Gasteiger partial charge in [-0.15, -0.1) is 11.3 Å². The molecule has 1 atom stereocenters. The normalized spacial score (nSPS) is 12.5. The molecule has 0 radical (unpaired) electrons. The third kappa shape index (κ3) is 2.53. The molecule has 6 heteroatoms. The summed E-state index contributed by atoms with van der Waals surface area (Å²) in [6, 6.07) is -0.0893. The maximum absolute atomic E-state index is 12.3. The van der Waals surface area contributed by atoms with Gasteiger partial charge in [-0.2, -0.15) is 0 Å². The number of thiazole rings is 1. The summed E-state index contributed by atoms with van der Waals surface area (Å²) < 4.78 is 5.08. The number of carbonyl (C=O) groups is 1. The smallest absolute Gasteiger partial charge is 0.276 e. The van der Waals surface area contributed by atoms with Gasteiger partial charge in [0.2, 0.25) is 0 Å². The van der Waals surface area contributed by atoms with Gasteiger partial charge in [-0.1, -0.05) is 0 Å². The number of nitrogens with zero attached hydrogens (tertiary/aromatic N) is 3. The van der Waals surface area contributed by atoms with Crippen molar-refractivity contribution in [3.8, 4) is 0 Å². The van der Waals surface area contributed by atoms with Crippen molar-refractivity contribution in [1.29, 1.82) is 0 Å². The van der Waals surface area contributed by atoms with Crippen LogP contribution in [0.25, 0.3) is 0 Å². The Balaban J connectivity index is 2.24. The largest absolute Gasteiger partial charge is 0.448 e. The monoisotopic (exact) mass is 279 g/mol. The second kappa shape index (κ2) is 5.13. The molecule has 2 aromatic rings. The number of aromatic nitrogens is 2. The van der Waals surface area contributed by atoms with E-state index in [1.54, 1.807) is 30.2 Å². The lowest BCUT2D eigenvalue weighted by Gasteiger charge is -2.23. The fourth-order valence-electron chi connectivity index (χ4n) is 1.97. The lowest BCUT2D eigenvalue weighted by atomic mass is 10.2. The Morgan fingerprint density at radius 2 is 2.11 bits per heavy atom. The quantitative estimate of drug-likeness (QED) is 0.866. The first kappa shape index (κ1) is 13.7. The van der Waals surface area contributed by atoms with E-state index in [4.69, 9.17) is 4.42 Å². The van der Waals surface area contributed by atoms with Gasteiger partial charge in [-0.3, -0.25) is 4.79 Å². The first-order chi connectivity index (χ1) is 8.91. The van der Waals surface area contributed by atoms with Crippen LogP contribution in [-0.2, 0) is 0 Å². The third-order valence-corrected chi connectivity index (χ3v) is 4.09. The zero-order valence-electron chi connectivity index (χ0n) is 11.7. The maximum Gasteiger partial charge on any atom is 0.276 e. The van der Waals surface area contributed by atoms with Gasteiger partial charge in [0, 0.05) is 11.9 Å². The molecule has 0 saturated carbocycles. The van der Waals surface area contributed by atoms with E-state index in [0.717, 1.165) is 15.6 Å². The number of carbonyl (C=O) groups excluding carboxylic acids is 1. The Labute approximate surface area is 116 Å². The Kier molecular flexibility index (Phi) is 3.71. The van der Waals surface area contributed by atoms with Crippen molar-refractivity contribution in [2.45, 2.75) is 33.7 Å². The average molecular weight is 279 g/mol. The van der Waals surface area contributed by atoms with E-state index in [9.17, 15) is 4.79 Å². The standard InChI is InChI=1S/C13H17N3O2S/c1-7(11-9(3)19-10(4)15-11)16(5)13(17)12-8(2)18-6-14-12/h6-7H,1-5H3/t7-/m1/s1. The third-order valence-electron chi connectivity index (χ3n) is 3.18. The van der Waals surface area contributed by atoms with Crippen LogP contribution in [0.2, 0.25) is 0 Å². The predicted octanol–water partition coefficient (Wildman–Crippen LogP) is 2.89. The molecule has 0 saturated heterocycles. The molecule has 0 unspecified atom stereocenters. The van der Waals surface area contributed by atoms with Crippen LogP contribution in [-0.4, -0.2) is 27.8 Å². The summed E-state index contributed by atoms with van der Waals surface area (Å²) in [5, 5.41) is 1.01. The number of hydrogen-bond donors (Lipinski definition) is 0. The first-order valence-corrected chi connectivity index (χ1v) is 6.84. The first-order valence-electron chi connectivity index (χ1n) is 6.03. The topological polar surface area (TPSA) is 59.2 Å². The van der Waals surface area contributed by atoms with Gasteiger partial charge in [0.25, 0.3) is 5.91 Å². The Bertz CT molecular complexity index is 603. The van der Waals surface area contributed by atoms with Crippen LogP contribution in [0.4, 0.5) is 0 Å². The van der Waals surface area contributed by atoms with Crippen LogP contribution >= 0.6 is 11.3 Å². The molecule has 5 nitrogen and oxygen atoms in total. The van der Waals surface area contributed by atoms with E-state index in [2.05, 4.69) is 9.97 Å². The SMILES string of the molecule is Cc1nc([C@@H](C)N(C)C(=O)c2ncoc2C)c(C)s1. The molecule has 2 rings (SSSR count). The minimum atomic E-state index is -0.149. The second-order valence-electron chi connectivity index (χ2n) is 4.52. The second-order valence-corrected chi connectivity index (χ2v) is 5.93. The highest BCUT2D eigenvalue weighted by molar-refractivity contribution is 7.11. The van der Waals surface area contributed by atoms with Gasteiger partial charge < -0.3 is 9.32 Å². The number of rotatable bonds is 3. The van der Waals surface area contributed by atoms with Crippen molar-refractivity contribution in [2.24, 2.45) is 0 Å². The van der Waals surface area contributed by atoms with E-state index in [0.29, 0.717) is 11.5 Å².